The Morgan fingerprint density at radius 2 is 1.08 bits per heavy atom. The number of carbonyl (C=O) groups excluding carboxylic acids is 4. The van der Waals surface area contributed by atoms with E-state index in [0.29, 0.717) is 0 Å². The van der Waals surface area contributed by atoms with E-state index in [4.69, 9.17) is 10.2 Å². The van der Waals surface area contributed by atoms with Gasteiger partial charge in [0.15, 0.2) is 0 Å². The van der Waals surface area contributed by atoms with Crippen molar-refractivity contribution in [1.29, 1.82) is 0 Å². The van der Waals surface area contributed by atoms with E-state index < -0.39 is 60.6 Å². The molecule has 0 radical (unpaired) electrons. The fraction of sp³-hybridized carbons (Fsp3) is 0.571. The summed E-state index contributed by atoms with van der Waals surface area (Å²) in [6, 6.07) is -2.73. The van der Waals surface area contributed by atoms with Gasteiger partial charge in [0.2, 0.25) is 11.8 Å². The fourth-order valence-corrected chi connectivity index (χ4v) is 1.77. The standard InChI is InChI=1S/C14H20N2O9/c1-7(17)15-9(3-5-11(19)20)13(23)25-14(24)10(16-8(2)18)4-6-12(21)22/h9-10H,3-6H2,1-2H3,(H,15,17)(H,16,18)(H,19,20)(H,21,22)/t9-,10-/m0/s1. The lowest BCUT2D eigenvalue weighted by molar-refractivity contribution is -0.164. The van der Waals surface area contributed by atoms with Gasteiger partial charge in [-0.15, -0.1) is 0 Å². The summed E-state index contributed by atoms with van der Waals surface area (Å²) in [4.78, 5) is 67.2. The molecule has 0 saturated carbocycles. The number of esters is 2. The largest absolute Gasteiger partial charge is 0.481 e. The van der Waals surface area contributed by atoms with Gasteiger partial charge in [0.25, 0.3) is 0 Å². The van der Waals surface area contributed by atoms with Gasteiger partial charge in [-0.1, -0.05) is 0 Å². The lowest BCUT2D eigenvalue weighted by atomic mass is 10.1. The lowest BCUT2D eigenvalue weighted by Crippen LogP contribution is -2.46. The fourth-order valence-electron chi connectivity index (χ4n) is 1.77. The number of rotatable bonds is 10. The topological polar surface area (TPSA) is 176 Å². The highest BCUT2D eigenvalue weighted by atomic mass is 16.6. The smallest absolute Gasteiger partial charge is 0.336 e. The Bertz CT molecular complexity index is 511. The first-order chi connectivity index (χ1) is 11.5. The minimum absolute atomic E-state index is 0.305. The van der Waals surface area contributed by atoms with Crippen LogP contribution in [0.15, 0.2) is 0 Å². The van der Waals surface area contributed by atoms with Crippen molar-refractivity contribution in [2.75, 3.05) is 0 Å². The Balaban J connectivity index is 4.96. The molecule has 0 aromatic carbocycles. The number of amides is 2. The number of nitrogens with one attached hydrogen (secondary N) is 2. The first kappa shape index (κ1) is 22.0. The van der Waals surface area contributed by atoms with Gasteiger partial charge < -0.3 is 25.6 Å². The van der Waals surface area contributed by atoms with Gasteiger partial charge in [-0.05, 0) is 12.8 Å². The molecule has 11 nitrogen and oxygen atoms in total. The van der Waals surface area contributed by atoms with Gasteiger partial charge in [0.1, 0.15) is 12.1 Å². The first-order valence-electron chi connectivity index (χ1n) is 7.26. The highest BCUT2D eigenvalue weighted by Crippen LogP contribution is 2.05. The molecule has 0 spiro atoms. The second-order valence-corrected chi connectivity index (χ2v) is 5.11. The Morgan fingerprint density at radius 1 is 0.760 bits per heavy atom. The van der Waals surface area contributed by atoms with Crippen LogP contribution in [0.3, 0.4) is 0 Å². The molecule has 2 atom stereocenters. The van der Waals surface area contributed by atoms with Gasteiger partial charge in [-0.3, -0.25) is 19.2 Å². The minimum Gasteiger partial charge on any atom is -0.481 e. The second-order valence-electron chi connectivity index (χ2n) is 5.11. The minimum atomic E-state index is -1.37. The van der Waals surface area contributed by atoms with Gasteiger partial charge in [0.05, 0.1) is 0 Å². The summed E-state index contributed by atoms with van der Waals surface area (Å²) in [6.07, 6.45) is -1.52. The molecule has 0 rings (SSSR count). The predicted molar refractivity (Wildman–Crippen MR) is 80.0 cm³/mol. The molecule has 0 unspecified atom stereocenters. The van der Waals surface area contributed by atoms with E-state index in [9.17, 15) is 28.8 Å². The Kier molecular flexibility index (Phi) is 9.45. The van der Waals surface area contributed by atoms with E-state index in [1.165, 1.54) is 0 Å². The third kappa shape index (κ3) is 10.4. The van der Waals surface area contributed by atoms with Crippen LogP contribution >= 0.6 is 0 Å². The van der Waals surface area contributed by atoms with Crippen LogP contribution in [0.2, 0.25) is 0 Å². The molecule has 0 aliphatic rings. The number of carboxylic acids is 2. The SMILES string of the molecule is CC(=O)N[C@@H](CCC(=O)O)C(=O)OC(=O)[C@H](CCC(=O)O)NC(C)=O. The van der Waals surface area contributed by atoms with Crippen molar-refractivity contribution in [2.24, 2.45) is 0 Å². The normalized spacial score (nSPS) is 12.4. The molecule has 0 heterocycles. The highest BCUT2D eigenvalue weighted by Gasteiger charge is 2.29. The van der Waals surface area contributed by atoms with Crippen LogP contribution in [0.25, 0.3) is 0 Å². The van der Waals surface area contributed by atoms with Crippen molar-refractivity contribution in [3.63, 3.8) is 0 Å². The maximum absolute atomic E-state index is 12.0. The summed E-state index contributed by atoms with van der Waals surface area (Å²) in [5.41, 5.74) is 0. The van der Waals surface area contributed by atoms with E-state index in [2.05, 4.69) is 15.4 Å². The van der Waals surface area contributed by atoms with Crippen molar-refractivity contribution >= 4 is 35.7 Å². The Morgan fingerprint density at radius 3 is 1.32 bits per heavy atom. The third-order valence-corrected chi connectivity index (χ3v) is 2.82. The highest BCUT2D eigenvalue weighted by molar-refractivity contribution is 5.94. The van der Waals surface area contributed by atoms with Crippen molar-refractivity contribution in [1.82, 2.24) is 10.6 Å². The van der Waals surface area contributed by atoms with Crippen molar-refractivity contribution in [3.8, 4) is 0 Å². The van der Waals surface area contributed by atoms with Crippen LogP contribution < -0.4 is 10.6 Å². The van der Waals surface area contributed by atoms with Crippen LogP contribution in [0, 0.1) is 0 Å². The number of hydrogen-bond acceptors (Lipinski definition) is 7. The zero-order valence-electron chi connectivity index (χ0n) is 13.7. The van der Waals surface area contributed by atoms with Gasteiger partial charge in [-0.25, -0.2) is 9.59 Å². The van der Waals surface area contributed by atoms with E-state index in [1.807, 2.05) is 0 Å². The number of carboxylic acid groups (broad SMARTS) is 2. The van der Waals surface area contributed by atoms with E-state index in [-0.39, 0.29) is 12.8 Å². The first-order valence-corrected chi connectivity index (χ1v) is 7.26. The molecule has 140 valence electrons. The summed E-state index contributed by atoms with van der Waals surface area (Å²) >= 11 is 0. The van der Waals surface area contributed by atoms with Crippen molar-refractivity contribution in [2.45, 2.75) is 51.6 Å². The van der Waals surface area contributed by atoms with E-state index in [0.717, 1.165) is 13.8 Å². The lowest BCUT2D eigenvalue weighted by Gasteiger charge is -2.18. The predicted octanol–water partition coefficient (Wildman–Crippen LogP) is -1.20. The van der Waals surface area contributed by atoms with Gasteiger partial charge in [0, 0.05) is 26.7 Å². The van der Waals surface area contributed by atoms with Crippen molar-refractivity contribution < 1.29 is 43.7 Å². The van der Waals surface area contributed by atoms with Crippen LogP contribution in [-0.2, 0) is 33.5 Å². The molecule has 25 heavy (non-hydrogen) atoms. The summed E-state index contributed by atoms with van der Waals surface area (Å²) in [6.45, 7) is 2.19. The van der Waals surface area contributed by atoms with Crippen LogP contribution in [-0.4, -0.2) is 58.0 Å². The molecule has 0 fully saturated rings. The second kappa shape index (κ2) is 10.7. The maximum Gasteiger partial charge on any atom is 0.336 e. The zero-order valence-corrected chi connectivity index (χ0v) is 13.7. The average molecular weight is 360 g/mol. The number of aliphatic carboxylic acids is 2. The average Bonchev–Trinajstić information content (AvgIpc) is 2.46. The van der Waals surface area contributed by atoms with Crippen LogP contribution in [0.5, 0.6) is 0 Å². The molecule has 0 saturated heterocycles. The number of ether oxygens (including phenoxy) is 1. The molecule has 11 heteroatoms. The summed E-state index contributed by atoms with van der Waals surface area (Å²) in [5, 5.41) is 21.6. The van der Waals surface area contributed by atoms with Crippen molar-refractivity contribution in [3.05, 3.63) is 0 Å². The van der Waals surface area contributed by atoms with Gasteiger partial charge >= 0.3 is 23.9 Å². The van der Waals surface area contributed by atoms with Gasteiger partial charge in [-0.2, -0.15) is 0 Å². The molecule has 0 aliphatic carbocycles. The zero-order chi connectivity index (χ0) is 19.6. The van der Waals surface area contributed by atoms with Crippen LogP contribution in [0.1, 0.15) is 39.5 Å². The number of hydrogen-bond donors (Lipinski definition) is 4. The molecule has 2 amide bonds. The Hall–Kier alpha value is -2.98. The molecule has 0 aliphatic heterocycles. The maximum atomic E-state index is 12.0. The third-order valence-electron chi connectivity index (χ3n) is 2.82. The summed E-state index contributed by atoms with van der Waals surface area (Å²) < 4.78 is 4.55. The quantitative estimate of drug-likeness (QED) is 0.275. The molecule has 0 aromatic rings. The molecular formula is C14H20N2O9. The molecule has 0 aromatic heterocycles. The Labute approximate surface area is 142 Å². The molecule has 0 bridgehead atoms. The number of carbonyl (C=O) groups is 6. The van der Waals surface area contributed by atoms with E-state index >= 15 is 0 Å². The van der Waals surface area contributed by atoms with E-state index in [1.54, 1.807) is 0 Å². The van der Waals surface area contributed by atoms with Crippen LogP contribution in [0.4, 0.5) is 0 Å². The molecule has 4 N–H and O–H groups in total. The summed E-state index contributed by atoms with van der Waals surface area (Å²) in [7, 11) is 0. The molecular weight excluding hydrogens is 340 g/mol. The summed E-state index contributed by atoms with van der Waals surface area (Å²) in [5.74, 6) is -6.11. The monoisotopic (exact) mass is 360 g/mol.